The van der Waals surface area contributed by atoms with Gasteiger partial charge in [-0.3, -0.25) is 14.4 Å². The fourth-order valence-corrected chi connectivity index (χ4v) is 6.95. The highest BCUT2D eigenvalue weighted by atomic mass is 32.2. The molecule has 3 aromatic carbocycles. The van der Waals surface area contributed by atoms with E-state index in [0.717, 1.165) is 26.5 Å². The minimum Gasteiger partial charge on any atom is -0.337 e. The number of carbonyl (C=O) groups excluding carboxylic acids is 3. The van der Waals surface area contributed by atoms with Crippen LogP contribution in [0.2, 0.25) is 0 Å². The molecule has 0 aliphatic carbocycles. The maximum atomic E-state index is 13.8. The molecule has 2 N–H and O–H groups in total. The van der Waals surface area contributed by atoms with Crippen LogP contribution in [0.1, 0.15) is 49.7 Å². The van der Waals surface area contributed by atoms with Gasteiger partial charge in [0.2, 0.25) is 11.8 Å². The average molecular weight is 581 g/mol. The molecule has 1 aliphatic heterocycles. The Morgan fingerprint density at radius 3 is 2.46 bits per heavy atom. The molecule has 0 fully saturated rings. The van der Waals surface area contributed by atoms with Gasteiger partial charge in [0.25, 0.3) is 5.91 Å². The van der Waals surface area contributed by atoms with Crippen molar-refractivity contribution in [1.29, 1.82) is 5.26 Å². The fourth-order valence-electron chi connectivity index (χ4n) is 4.65. The molecule has 4 aromatic rings. The predicted octanol–water partition coefficient (Wildman–Crippen LogP) is 6.56. The van der Waals surface area contributed by atoms with Crippen LogP contribution in [0.25, 0.3) is 0 Å². The summed E-state index contributed by atoms with van der Waals surface area (Å²) >= 11 is 2.72. The number of nitrogens with zero attached hydrogens (tertiary/aromatic N) is 2. The maximum absolute atomic E-state index is 13.8. The molecule has 0 radical (unpaired) electrons. The zero-order valence-electron chi connectivity index (χ0n) is 22.6. The standard InChI is InChI=1S/C32H28N4O3S2/c1-20-11-13-23(14-12-20)30(38)34-24-9-6-10-25(17-24)40-29(22-7-4-3-5-8-22)31(39)35-32-27(18-33)26-15-16-36(21(2)37)19-28(26)41-32/h3-14,17,29H,15-16,19H2,1-2H3,(H,34,38)(H,35,39). The molecule has 206 valence electrons. The Hall–Kier alpha value is -4.39. The van der Waals surface area contributed by atoms with Crippen molar-refractivity contribution in [2.75, 3.05) is 17.2 Å². The largest absolute Gasteiger partial charge is 0.337 e. The normalized spacial score (nSPS) is 13.0. The molecule has 2 heterocycles. The molecule has 9 heteroatoms. The Morgan fingerprint density at radius 1 is 1.00 bits per heavy atom. The Kier molecular flexibility index (Phi) is 8.53. The maximum Gasteiger partial charge on any atom is 0.255 e. The second-order valence-electron chi connectivity index (χ2n) is 9.76. The molecule has 41 heavy (non-hydrogen) atoms. The van der Waals surface area contributed by atoms with Gasteiger partial charge in [-0.2, -0.15) is 5.26 Å². The van der Waals surface area contributed by atoms with Crippen LogP contribution >= 0.6 is 23.1 Å². The molecule has 0 saturated heterocycles. The van der Waals surface area contributed by atoms with E-state index in [-0.39, 0.29) is 17.7 Å². The zero-order valence-corrected chi connectivity index (χ0v) is 24.3. The summed E-state index contributed by atoms with van der Waals surface area (Å²) in [5.41, 5.74) is 4.46. The Morgan fingerprint density at radius 2 is 1.76 bits per heavy atom. The number of fused-ring (bicyclic) bond motifs is 1. The number of thioether (sulfide) groups is 1. The van der Waals surface area contributed by atoms with Gasteiger partial charge in [-0.15, -0.1) is 23.1 Å². The van der Waals surface area contributed by atoms with Crippen molar-refractivity contribution in [3.63, 3.8) is 0 Å². The SMILES string of the molecule is CC(=O)N1CCc2c(sc(NC(=O)C(Sc3cccc(NC(=O)c4ccc(C)cc4)c3)c3ccccc3)c2C#N)C1. The molecule has 3 amide bonds. The van der Waals surface area contributed by atoms with Gasteiger partial charge >= 0.3 is 0 Å². The monoisotopic (exact) mass is 580 g/mol. The van der Waals surface area contributed by atoms with Crippen LogP contribution in [-0.4, -0.2) is 29.2 Å². The van der Waals surface area contributed by atoms with E-state index in [2.05, 4.69) is 16.7 Å². The number of hydrogen-bond donors (Lipinski definition) is 2. The van der Waals surface area contributed by atoms with E-state index >= 15 is 0 Å². The van der Waals surface area contributed by atoms with Crippen LogP contribution in [0.5, 0.6) is 0 Å². The molecule has 5 rings (SSSR count). The third-order valence-corrected chi connectivity index (χ3v) is 9.23. The fraction of sp³-hybridized carbons (Fsp3) is 0.188. The van der Waals surface area contributed by atoms with Crippen molar-refractivity contribution < 1.29 is 14.4 Å². The summed E-state index contributed by atoms with van der Waals surface area (Å²) in [4.78, 5) is 41.9. The van der Waals surface area contributed by atoms with Gasteiger partial charge in [0.1, 0.15) is 16.3 Å². The number of nitriles is 1. The highest BCUT2D eigenvalue weighted by molar-refractivity contribution is 8.00. The number of rotatable bonds is 7. The third-order valence-electron chi connectivity index (χ3n) is 6.85. The second kappa shape index (κ2) is 12.4. The summed E-state index contributed by atoms with van der Waals surface area (Å²) in [6.45, 7) is 4.51. The molecular weight excluding hydrogens is 553 g/mol. The number of thiophene rings is 1. The van der Waals surface area contributed by atoms with Gasteiger partial charge in [-0.25, -0.2) is 0 Å². The molecule has 1 atom stereocenters. The van der Waals surface area contributed by atoms with Crippen LogP contribution in [-0.2, 0) is 22.6 Å². The molecule has 1 unspecified atom stereocenters. The Bertz CT molecular complexity index is 1640. The first-order valence-corrected chi connectivity index (χ1v) is 14.8. The van der Waals surface area contributed by atoms with Gasteiger partial charge in [-0.05, 0) is 54.8 Å². The first-order chi connectivity index (χ1) is 19.8. The number of benzene rings is 3. The first-order valence-electron chi connectivity index (χ1n) is 13.1. The van der Waals surface area contributed by atoms with Crippen LogP contribution in [0.15, 0.2) is 83.8 Å². The molecule has 0 bridgehead atoms. The number of nitrogens with one attached hydrogen (secondary N) is 2. The van der Waals surface area contributed by atoms with Gasteiger partial charge in [0.05, 0.1) is 12.1 Å². The summed E-state index contributed by atoms with van der Waals surface area (Å²) in [6.07, 6.45) is 0.585. The summed E-state index contributed by atoms with van der Waals surface area (Å²) < 4.78 is 0. The van der Waals surface area contributed by atoms with Crippen molar-refractivity contribution in [2.45, 2.75) is 37.0 Å². The van der Waals surface area contributed by atoms with Crippen molar-refractivity contribution in [3.05, 3.63) is 112 Å². The number of anilines is 2. The van der Waals surface area contributed by atoms with Gasteiger partial charge in [-0.1, -0.05) is 54.1 Å². The number of hydrogen-bond acceptors (Lipinski definition) is 6. The smallest absolute Gasteiger partial charge is 0.255 e. The average Bonchev–Trinajstić information content (AvgIpc) is 3.32. The number of amides is 3. The minimum atomic E-state index is -0.612. The highest BCUT2D eigenvalue weighted by Crippen LogP contribution is 2.40. The van der Waals surface area contributed by atoms with Crippen LogP contribution in [0.4, 0.5) is 10.7 Å². The lowest BCUT2D eigenvalue weighted by atomic mass is 10.0. The quantitative estimate of drug-likeness (QED) is 0.241. The molecular formula is C32H28N4O3S2. The van der Waals surface area contributed by atoms with Crippen molar-refractivity contribution in [1.82, 2.24) is 4.90 Å². The third kappa shape index (κ3) is 6.51. The molecule has 1 aliphatic rings. The topological polar surface area (TPSA) is 102 Å². The first kappa shape index (κ1) is 28.1. The van der Waals surface area contributed by atoms with Crippen LogP contribution < -0.4 is 10.6 Å². The van der Waals surface area contributed by atoms with E-state index in [1.807, 2.05) is 73.7 Å². The lowest BCUT2D eigenvalue weighted by molar-refractivity contribution is -0.129. The number of aryl methyl sites for hydroxylation is 1. The summed E-state index contributed by atoms with van der Waals surface area (Å²) in [7, 11) is 0. The van der Waals surface area contributed by atoms with Gasteiger partial charge < -0.3 is 15.5 Å². The zero-order chi connectivity index (χ0) is 28.9. The predicted molar refractivity (Wildman–Crippen MR) is 163 cm³/mol. The summed E-state index contributed by atoms with van der Waals surface area (Å²) in [5, 5.41) is 15.8. The molecule has 1 aromatic heterocycles. The molecule has 0 saturated carbocycles. The van der Waals surface area contributed by atoms with E-state index in [1.54, 1.807) is 17.0 Å². The van der Waals surface area contributed by atoms with Crippen molar-refractivity contribution in [3.8, 4) is 6.07 Å². The van der Waals surface area contributed by atoms with Crippen LogP contribution in [0.3, 0.4) is 0 Å². The number of carbonyl (C=O) groups is 3. The van der Waals surface area contributed by atoms with Crippen molar-refractivity contribution >= 4 is 51.5 Å². The highest BCUT2D eigenvalue weighted by Gasteiger charge is 2.29. The van der Waals surface area contributed by atoms with Gasteiger partial charge in [0, 0.05) is 34.5 Å². The van der Waals surface area contributed by atoms with Gasteiger partial charge in [0.15, 0.2) is 0 Å². The molecule has 7 nitrogen and oxygen atoms in total. The van der Waals surface area contributed by atoms with E-state index in [4.69, 9.17) is 0 Å². The second-order valence-corrected chi connectivity index (χ2v) is 12.0. The Balaban J connectivity index is 1.37. The lowest BCUT2D eigenvalue weighted by Gasteiger charge is -2.25. The summed E-state index contributed by atoms with van der Waals surface area (Å²) in [5.74, 6) is -0.474. The lowest BCUT2D eigenvalue weighted by Crippen LogP contribution is -2.33. The van der Waals surface area contributed by atoms with E-state index in [0.29, 0.717) is 41.3 Å². The van der Waals surface area contributed by atoms with Crippen molar-refractivity contribution in [2.24, 2.45) is 0 Å². The Labute approximate surface area is 247 Å². The van der Waals surface area contributed by atoms with E-state index in [9.17, 15) is 19.6 Å². The van der Waals surface area contributed by atoms with Crippen LogP contribution in [0, 0.1) is 18.3 Å². The minimum absolute atomic E-state index is 0.00836. The van der Waals surface area contributed by atoms with E-state index < -0.39 is 5.25 Å². The van der Waals surface area contributed by atoms with E-state index in [1.165, 1.54) is 30.0 Å². The summed E-state index contributed by atoms with van der Waals surface area (Å²) in [6, 6.07) is 26.5. The molecule has 0 spiro atoms.